The fraction of sp³-hybridized carbons (Fsp3) is 0.0189. The second-order valence-corrected chi connectivity index (χ2v) is 14.8. The van der Waals surface area contributed by atoms with Gasteiger partial charge in [-0.25, -0.2) is 14.5 Å². The van der Waals surface area contributed by atoms with Crippen LogP contribution < -0.4 is 0 Å². The topological polar surface area (TPSA) is 46.7 Å². The van der Waals surface area contributed by atoms with Crippen LogP contribution in [0.5, 0.6) is 0 Å². The first-order valence-corrected chi connectivity index (χ1v) is 19.4. The third-order valence-electron chi connectivity index (χ3n) is 11.5. The summed E-state index contributed by atoms with van der Waals surface area (Å²) in [5.74, 6) is 0. The zero-order chi connectivity index (χ0) is 42.7. The van der Waals surface area contributed by atoms with Crippen LogP contribution in [0, 0.1) is 31.0 Å². The summed E-state index contributed by atoms with van der Waals surface area (Å²) in [6, 6.07) is 50.9. The Morgan fingerprint density at radius 1 is 0.500 bits per heavy atom. The highest BCUT2D eigenvalue weighted by Crippen LogP contribution is 2.51. The van der Waals surface area contributed by atoms with E-state index in [1.165, 1.54) is 12.1 Å². The maximum absolute atomic E-state index is 15.2. The van der Waals surface area contributed by atoms with Crippen molar-refractivity contribution in [1.82, 2.24) is 9.13 Å². The van der Waals surface area contributed by atoms with Crippen molar-refractivity contribution in [3.8, 4) is 50.8 Å². The van der Waals surface area contributed by atoms with Crippen LogP contribution in [0.4, 0.5) is 30.2 Å². The van der Waals surface area contributed by atoms with Gasteiger partial charge in [0.25, 0.3) is 0 Å². The molecule has 2 aromatic heterocycles. The van der Waals surface area contributed by atoms with Crippen LogP contribution in [0.25, 0.3) is 103 Å². The molecule has 10 aromatic rings. The molecule has 9 heteroatoms. The van der Waals surface area contributed by atoms with Crippen molar-refractivity contribution in [2.45, 2.75) is 6.18 Å². The number of hydrogen-bond acceptors (Lipinski definition) is 1. The van der Waals surface area contributed by atoms with Crippen molar-refractivity contribution in [2.75, 3.05) is 0 Å². The first-order chi connectivity index (χ1) is 30.2. The van der Waals surface area contributed by atoms with Crippen molar-refractivity contribution < 1.29 is 13.2 Å². The van der Waals surface area contributed by atoms with Gasteiger partial charge in [0.15, 0.2) is 11.4 Å². The smallest absolute Gasteiger partial charge is 0.319 e. The fourth-order valence-corrected chi connectivity index (χ4v) is 8.71. The number of nitrogens with zero attached hydrogens (tertiary/aromatic N) is 6. The average molecular weight is 805 g/mol. The lowest BCUT2D eigenvalue weighted by Gasteiger charge is -2.23. The number of benzene rings is 8. The lowest BCUT2D eigenvalue weighted by atomic mass is 9.94. The van der Waals surface area contributed by atoms with Crippen molar-refractivity contribution >= 4 is 60.7 Å². The molecule has 2 heterocycles. The van der Waals surface area contributed by atoms with Crippen LogP contribution in [-0.2, 0) is 6.18 Å². The van der Waals surface area contributed by atoms with E-state index in [0.717, 1.165) is 60.9 Å². The highest BCUT2D eigenvalue weighted by Gasteiger charge is 2.36. The number of fused-ring (bicyclic) bond motifs is 6. The number of halogens is 3. The van der Waals surface area contributed by atoms with E-state index in [4.69, 9.17) is 19.7 Å². The molecule has 0 saturated carbocycles. The number of nitriles is 1. The Morgan fingerprint density at radius 3 is 1.61 bits per heavy atom. The van der Waals surface area contributed by atoms with Gasteiger partial charge in [0, 0.05) is 27.1 Å². The molecule has 6 nitrogen and oxygen atoms in total. The summed E-state index contributed by atoms with van der Waals surface area (Å²) in [6.07, 6.45) is -4.83. The van der Waals surface area contributed by atoms with E-state index < -0.39 is 11.7 Å². The van der Waals surface area contributed by atoms with Crippen LogP contribution in [0.1, 0.15) is 11.1 Å². The van der Waals surface area contributed by atoms with Gasteiger partial charge in [-0.1, -0.05) is 121 Å². The summed E-state index contributed by atoms with van der Waals surface area (Å²) in [6.45, 7) is 24.5. The minimum Gasteiger partial charge on any atom is -0.319 e. The molecule has 0 fully saturated rings. The quantitative estimate of drug-likeness (QED) is 0.160. The van der Waals surface area contributed by atoms with Gasteiger partial charge < -0.3 is 9.13 Å². The van der Waals surface area contributed by atoms with Crippen LogP contribution in [-0.4, -0.2) is 9.13 Å². The molecule has 8 aromatic carbocycles. The Labute approximate surface area is 353 Å². The van der Waals surface area contributed by atoms with Crippen LogP contribution in [0.2, 0.25) is 0 Å². The lowest BCUT2D eigenvalue weighted by molar-refractivity contribution is -0.137. The van der Waals surface area contributed by atoms with Crippen molar-refractivity contribution in [2.24, 2.45) is 0 Å². The molecule has 0 radical (unpaired) electrons. The van der Waals surface area contributed by atoms with E-state index in [1.807, 2.05) is 118 Å². The average Bonchev–Trinajstić information content (AvgIpc) is 3.82. The first-order valence-electron chi connectivity index (χ1n) is 19.4. The Morgan fingerprint density at radius 2 is 1.05 bits per heavy atom. The zero-order valence-corrected chi connectivity index (χ0v) is 32.4. The molecule has 0 bridgehead atoms. The number of para-hydroxylation sites is 2. The molecular weight excluding hydrogens is 778 g/mol. The summed E-state index contributed by atoms with van der Waals surface area (Å²) in [7, 11) is 0. The second-order valence-electron chi connectivity index (χ2n) is 14.8. The van der Waals surface area contributed by atoms with E-state index in [-0.39, 0.29) is 28.2 Å². The third-order valence-corrected chi connectivity index (χ3v) is 11.5. The normalized spacial score (nSPS) is 11.4. The molecule has 0 aliphatic rings. The summed E-state index contributed by atoms with van der Waals surface area (Å²) in [4.78, 5) is 11.4. The number of alkyl halides is 3. The molecule has 0 aliphatic carbocycles. The molecule has 10 rings (SSSR count). The Balaban J connectivity index is 1.36. The minimum absolute atomic E-state index is 0.0761. The van der Waals surface area contributed by atoms with E-state index in [9.17, 15) is 5.26 Å². The number of aromatic nitrogens is 2. The molecule has 0 N–H and O–H groups in total. The molecule has 0 amide bonds. The maximum Gasteiger partial charge on any atom is 0.415 e. The van der Waals surface area contributed by atoms with Crippen LogP contribution in [0.15, 0.2) is 164 Å². The van der Waals surface area contributed by atoms with E-state index in [1.54, 1.807) is 36.4 Å². The van der Waals surface area contributed by atoms with Crippen LogP contribution >= 0.6 is 0 Å². The summed E-state index contributed by atoms with van der Waals surface area (Å²) < 4.78 is 49.4. The van der Waals surface area contributed by atoms with Gasteiger partial charge in [-0.3, -0.25) is 0 Å². The second kappa shape index (κ2) is 14.4. The van der Waals surface area contributed by atoms with E-state index >= 15 is 13.2 Å². The Bertz CT molecular complexity index is 3660. The predicted molar refractivity (Wildman–Crippen MR) is 240 cm³/mol. The standard InChI is InChI=1S/C53H27F3N6/c1-58-37-23-19-34(20-24-37)36-22-26-41-39-10-5-7-14-46(39)62(49(41)30-36)52-42(50-43(53(54,55)56)11-8-12-44(50)59-2)27-28-47(51(52)60-3)61-45-13-6-4-9-38(45)40-25-21-35(29-48(40)61)33-17-15-32(31-57)16-18-33/h4-30H. The molecule has 0 unspecified atom stereocenters. The summed E-state index contributed by atoms with van der Waals surface area (Å²) in [5, 5.41) is 12.9. The van der Waals surface area contributed by atoms with E-state index in [2.05, 4.69) is 20.6 Å². The maximum atomic E-state index is 15.2. The van der Waals surface area contributed by atoms with Crippen molar-refractivity contribution in [3.05, 3.63) is 209 Å². The largest absolute Gasteiger partial charge is 0.415 e. The summed E-state index contributed by atoms with van der Waals surface area (Å²) >= 11 is 0. The molecular formula is C53H27F3N6. The zero-order valence-electron chi connectivity index (χ0n) is 32.4. The third kappa shape index (κ3) is 5.85. The van der Waals surface area contributed by atoms with Gasteiger partial charge in [0.1, 0.15) is 0 Å². The van der Waals surface area contributed by atoms with Crippen molar-refractivity contribution in [1.29, 1.82) is 5.26 Å². The molecule has 0 aliphatic heterocycles. The molecule has 0 saturated heterocycles. The highest BCUT2D eigenvalue weighted by molar-refractivity contribution is 6.14. The van der Waals surface area contributed by atoms with Gasteiger partial charge in [-0.05, 0) is 70.3 Å². The first kappa shape index (κ1) is 37.4. The molecule has 62 heavy (non-hydrogen) atoms. The highest BCUT2D eigenvalue weighted by atomic mass is 19.4. The lowest BCUT2D eigenvalue weighted by Crippen LogP contribution is -2.09. The van der Waals surface area contributed by atoms with Crippen molar-refractivity contribution in [3.63, 3.8) is 0 Å². The molecule has 0 atom stereocenters. The summed E-state index contributed by atoms with van der Waals surface area (Å²) in [5.41, 5.74) is 6.53. The van der Waals surface area contributed by atoms with Gasteiger partial charge >= 0.3 is 6.18 Å². The van der Waals surface area contributed by atoms with Gasteiger partial charge in [0.05, 0.1) is 70.4 Å². The minimum atomic E-state index is -4.83. The Hall–Kier alpha value is -8.89. The molecule has 0 spiro atoms. The molecule has 290 valence electrons. The van der Waals surface area contributed by atoms with Gasteiger partial charge in [-0.2, -0.15) is 18.4 Å². The van der Waals surface area contributed by atoms with E-state index in [0.29, 0.717) is 28.0 Å². The monoisotopic (exact) mass is 804 g/mol. The van der Waals surface area contributed by atoms with Gasteiger partial charge in [-0.15, -0.1) is 0 Å². The number of rotatable bonds is 5. The van der Waals surface area contributed by atoms with Gasteiger partial charge in [0.2, 0.25) is 5.69 Å². The van der Waals surface area contributed by atoms with Crippen LogP contribution in [0.3, 0.4) is 0 Å². The number of hydrogen-bond donors (Lipinski definition) is 0. The fourth-order valence-electron chi connectivity index (χ4n) is 8.71. The predicted octanol–water partition coefficient (Wildman–Crippen LogP) is 15.4. The Kier molecular flexibility index (Phi) is 8.70. The SMILES string of the molecule is [C-]#[N+]c1ccc(-c2ccc3c4ccccc4n(-c4c(-c5c([N+]#[C-])cccc5C(F)(F)F)ccc(-n5c6ccccc6c6ccc(-c7ccc(C#N)cc7)cc65)c4[N+]#[C-])c3c2)cc1.